The van der Waals surface area contributed by atoms with E-state index in [1.54, 1.807) is 6.20 Å². The molecule has 2 nitrogen and oxygen atoms in total. The van der Waals surface area contributed by atoms with E-state index in [1.807, 2.05) is 6.07 Å². The fourth-order valence-electron chi connectivity index (χ4n) is 1.71. The molecule has 1 aromatic heterocycles. The third kappa shape index (κ3) is 2.69. The van der Waals surface area contributed by atoms with Crippen LogP contribution >= 0.6 is 11.8 Å². The molecule has 13 heavy (non-hydrogen) atoms. The number of thioether (sulfide) groups is 1. The zero-order valence-electron chi connectivity index (χ0n) is 7.65. The smallest absolute Gasteiger partial charge is 0.0634 e. The Morgan fingerprint density at radius 1 is 1.54 bits per heavy atom. The van der Waals surface area contributed by atoms with Gasteiger partial charge in [-0.3, -0.25) is 0 Å². The fourth-order valence-corrected chi connectivity index (χ4v) is 2.86. The van der Waals surface area contributed by atoms with Gasteiger partial charge in [0.15, 0.2) is 0 Å². The average molecular weight is 194 g/mol. The molecule has 2 rings (SSSR count). The first-order valence-corrected chi connectivity index (χ1v) is 5.95. The molecule has 0 saturated carbocycles. The number of aromatic nitrogens is 2. The number of nitrogens with zero attached hydrogens (tertiary/aromatic N) is 2. The SMILES string of the molecule is c1cnnc(CC2CCCSC2)c1. The van der Waals surface area contributed by atoms with Crippen LogP contribution in [-0.2, 0) is 6.42 Å². The van der Waals surface area contributed by atoms with E-state index in [1.165, 1.54) is 24.3 Å². The first kappa shape index (κ1) is 9.00. The van der Waals surface area contributed by atoms with Crippen LogP contribution in [0.1, 0.15) is 18.5 Å². The van der Waals surface area contributed by atoms with Gasteiger partial charge < -0.3 is 0 Å². The highest BCUT2D eigenvalue weighted by Gasteiger charge is 2.14. The molecule has 0 amide bonds. The zero-order chi connectivity index (χ0) is 8.93. The van der Waals surface area contributed by atoms with Crippen molar-refractivity contribution in [3.05, 3.63) is 24.0 Å². The first-order valence-electron chi connectivity index (χ1n) is 4.79. The van der Waals surface area contributed by atoms with Crippen LogP contribution in [0.5, 0.6) is 0 Å². The normalized spacial score (nSPS) is 22.9. The lowest BCUT2D eigenvalue weighted by molar-refractivity contribution is 0.512. The van der Waals surface area contributed by atoms with E-state index < -0.39 is 0 Å². The van der Waals surface area contributed by atoms with Crippen molar-refractivity contribution in [2.75, 3.05) is 11.5 Å². The Balaban J connectivity index is 1.90. The van der Waals surface area contributed by atoms with E-state index in [-0.39, 0.29) is 0 Å². The second-order valence-electron chi connectivity index (χ2n) is 3.50. The van der Waals surface area contributed by atoms with Crippen LogP contribution in [0.3, 0.4) is 0 Å². The van der Waals surface area contributed by atoms with Gasteiger partial charge in [0, 0.05) is 6.20 Å². The van der Waals surface area contributed by atoms with Crippen LogP contribution in [-0.4, -0.2) is 21.7 Å². The molecule has 1 aliphatic heterocycles. The maximum Gasteiger partial charge on any atom is 0.0634 e. The molecular formula is C10H14N2S. The molecular weight excluding hydrogens is 180 g/mol. The number of rotatable bonds is 2. The van der Waals surface area contributed by atoms with Crippen molar-refractivity contribution in [3.8, 4) is 0 Å². The van der Waals surface area contributed by atoms with Gasteiger partial charge in [0.1, 0.15) is 0 Å². The third-order valence-corrected chi connectivity index (χ3v) is 3.66. The van der Waals surface area contributed by atoms with Crippen molar-refractivity contribution in [3.63, 3.8) is 0 Å². The zero-order valence-corrected chi connectivity index (χ0v) is 8.46. The van der Waals surface area contributed by atoms with Crippen molar-refractivity contribution in [2.45, 2.75) is 19.3 Å². The fraction of sp³-hybridized carbons (Fsp3) is 0.600. The summed E-state index contributed by atoms with van der Waals surface area (Å²) in [5.74, 6) is 3.48. The Morgan fingerprint density at radius 2 is 2.54 bits per heavy atom. The Labute approximate surface area is 83.1 Å². The van der Waals surface area contributed by atoms with E-state index >= 15 is 0 Å². The van der Waals surface area contributed by atoms with Crippen LogP contribution in [0, 0.1) is 5.92 Å². The highest BCUT2D eigenvalue weighted by Crippen LogP contribution is 2.24. The van der Waals surface area contributed by atoms with Crippen molar-refractivity contribution in [1.82, 2.24) is 10.2 Å². The molecule has 0 N–H and O–H groups in total. The minimum absolute atomic E-state index is 0.829. The topological polar surface area (TPSA) is 25.8 Å². The molecule has 1 atom stereocenters. The lowest BCUT2D eigenvalue weighted by Crippen LogP contribution is -2.13. The van der Waals surface area contributed by atoms with Crippen LogP contribution in [0.2, 0.25) is 0 Å². The molecule has 0 aromatic carbocycles. The maximum absolute atomic E-state index is 4.11. The average Bonchev–Trinajstić information content (AvgIpc) is 2.21. The van der Waals surface area contributed by atoms with Gasteiger partial charge in [0.25, 0.3) is 0 Å². The largest absolute Gasteiger partial charge is 0.162 e. The lowest BCUT2D eigenvalue weighted by Gasteiger charge is -2.20. The van der Waals surface area contributed by atoms with Crippen molar-refractivity contribution < 1.29 is 0 Å². The van der Waals surface area contributed by atoms with Gasteiger partial charge in [-0.15, -0.1) is 0 Å². The monoisotopic (exact) mass is 194 g/mol. The lowest BCUT2D eigenvalue weighted by atomic mass is 9.99. The van der Waals surface area contributed by atoms with Crippen LogP contribution < -0.4 is 0 Å². The quantitative estimate of drug-likeness (QED) is 0.721. The van der Waals surface area contributed by atoms with Gasteiger partial charge in [-0.2, -0.15) is 22.0 Å². The van der Waals surface area contributed by atoms with Crippen LogP contribution in [0.4, 0.5) is 0 Å². The summed E-state index contributed by atoms with van der Waals surface area (Å²) in [5, 5.41) is 8.01. The van der Waals surface area contributed by atoms with Crippen LogP contribution in [0.25, 0.3) is 0 Å². The van der Waals surface area contributed by atoms with E-state index in [2.05, 4.69) is 28.0 Å². The third-order valence-electron chi connectivity index (χ3n) is 2.38. The summed E-state index contributed by atoms with van der Waals surface area (Å²) in [6, 6.07) is 4.05. The van der Waals surface area contributed by atoms with E-state index in [0.717, 1.165) is 18.0 Å². The summed E-state index contributed by atoms with van der Waals surface area (Å²) in [6.07, 6.45) is 5.58. The molecule has 70 valence electrons. The summed E-state index contributed by atoms with van der Waals surface area (Å²) in [6.45, 7) is 0. The summed E-state index contributed by atoms with van der Waals surface area (Å²) >= 11 is 2.07. The number of hydrogen-bond acceptors (Lipinski definition) is 3. The van der Waals surface area contributed by atoms with E-state index in [9.17, 15) is 0 Å². The molecule has 0 spiro atoms. The molecule has 0 aliphatic carbocycles. The van der Waals surface area contributed by atoms with Gasteiger partial charge in [-0.05, 0) is 48.8 Å². The first-order chi connectivity index (χ1) is 6.45. The van der Waals surface area contributed by atoms with E-state index in [0.29, 0.717) is 0 Å². The predicted octanol–water partition coefficient (Wildman–Crippen LogP) is 2.16. The summed E-state index contributed by atoms with van der Waals surface area (Å²) in [7, 11) is 0. The van der Waals surface area contributed by atoms with Gasteiger partial charge in [0.05, 0.1) is 5.69 Å². The summed E-state index contributed by atoms with van der Waals surface area (Å²) < 4.78 is 0. The highest BCUT2D eigenvalue weighted by molar-refractivity contribution is 7.99. The molecule has 1 unspecified atom stereocenters. The predicted molar refractivity (Wildman–Crippen MR) is 55.8 cm³/mol. The van der Waals surface area contributed by atoms with Gasteiger partial charge >= 0.3 is 0 Å². The molecule has 3 heteroatoms. The highest BCUT2D eigenvalue weighted by atomic mass is 32.2. The van der Waals surface area contributed by atoms with E-state index in [4.69, 9.17) is 0 Å². The van der Waals surface area contributed by atoms with Gasteiger partial charge in [-0.25, -0.2) is 0 Å². The molecule has 0 radical (unpaired) electrons. The van der Waals surface area contributed by atoms with Crippen molar-refractivity contribution in [1.29, 1.82) is 0 Å². The molecule has 1 aliphatic rings. The number of hydrogen-bond donors (Lipinski definition) is 0. The minimum Gasteiger partial charge on any atom is -0.162 e. The molecule has 1 saturated heterocycles. The van der Waals surface area contributed by atoms with Gasteiger partial charge in [-0.1, -0.05) is 0 Å². The minimum atomic E-state index is 0.829. The second-order valence-corrected chi connectivity index (χ2v) is 4.65. The van der Waals surface area contributed by atoms with Crippen LogP contribution in [0.15, 0.2) is 18.3 Å². The Bertz CT molecular complexity index is 244. The van der Waals surface area contributed by atoms with Crippen molar-refractivity contribution >= 4 is 11.8 Å². The molecule has 1 fully saturated rings. The second kappa shape index (κ2) is 4.61. The summed E-state index contributed by atoms with van der Waals surface area (Å²) in [5.41, 5.74) is 1.15. The Morgan fingerprint density at radius 3 is 3.23 bits per heavy atom. The Kier molecular flexibility index (Phi) is 3.19. The molecule has 1 aromatic rings. The molecule has 0 bridgehead atoms. The summed E-state index contributed by atoms with van der Waals surface area (Å²) in [4.78, 5) is 0. The van der Waals surface area contributed by atoms with Gasteiger partial charge in [0.2, 0.25) is 0 Å². The molecule has 2 heterocycles. The Hall–Kier alpha value is -0.570. The van der Waals surface area contributed by atoms with Crippen molar-refractivity contribution in [2.24, 2.45) is 5.92 Å². The standard InChI is InChI=1S/C10H14N2S/c1-4-10(12-11-5-1)7-9-3-2-6-13-8-9/h1,4-5,9H,2-3,6-8H2. The maximum atomic E-state index is 4.11.